The van der Waals surface area contributed by atoms with Gasteiger partial charge in [-0.25, -0.2) is 0 Å². The molecule has 25 heavy (non-hydrogen) atoms. The van der Waals surface area contributed by atoms with Crippen LogP contribution in [-0.4, -0.2) is 21.1 Å². The van der Waals surface area contributed by atoms with E-state index in [1.165, 1.54) is 18.2 Å². The van der Waals surface area contributed by atoms with Crippen LogP contribution in [0.4, 0.5) is 0 Å². The largest absolute Gasteiger partial charge is 0.483 e. The molecule has 2 aromatic carbocycles. The highest BCUT2D eigenvalue weighted by Gasteiger charge is 2.18. The molecule has 0 saturated carbocycles. The SMILES string of the molecule is C=C[C@@H](COS(=O)(=O)c1ccc(C)cc1)Oc1ccccc1C=CC. The van der Waals surface area contributed by atoms with Gasteiger partial charge in [-0.2, -0.15) is 8.42 Å². The molecule has 0 heterocycles. The van der Waals surface area contributed by atoms with E-state index in [1.807, 2.05) is 50.3 Å². The van der Waals surface area contributed by atoms with Crippen LogP contribution in [0.1, 0.15) is 18.1 Å². The number of hydrogen-bond donors (Lipinski definition) is 0. The minimum atomic E-state index is -3.84. The van der Waals surface area contributed by atoms with Crippen LogP contribution in [0.2, 0.25) is 0 Å². The molecule has 0 amide bonds. The van der Waals surface area contributed by atoms with E-state index in [-0.39, 0.29) is 11.5 Å². The summed E-state index contributed by atoms with van der Waals surface area (Å²) < 4.78 is 35.5. The van der Waals surface area contributed by atoms with Gasteiger partial charge < -0.3 is 4.74 Å². The summed E-state index contributed by atoms with van der Waals surface area (Å²) in [6.07, 6.45) is 4.76. The Morgan fingerprint density at radius 3 is 2.44 bits per heavy atom. The van der Waals surface area contributed by atoms with E-state index >= 15 is 0 Å². The van der Waals surface area contributed by atoms with Gasteiger partial charge in [0.15, 0.2) is 0 Å². The van der Waals surface area contributed by atoms with Crippen LogP contribution in [0.3, 0.4) is 0 Å². The van der Waals surface area contributed by atoms with Gasteiger partial charge in [0, 0.05) is 5.56 Å². The first-order valence-corrected chi connectivity index (χ1v) is 9.34. The minimum Gasteiger partial charge on any atom is -0.483 e. The molecular weight excluding hydrogens is 336 g/mol. The standard InChI is InChI=1S/C20H22O4S/c1-4-8-17-9-6-7-10-20(17)24-18(5-2)15-23-25(21,22)19-13-11-16(3)12-14-19/h4-14,18H,2,15H2,1,3H3/t18-/m0/s1. The molecule has 0 aliphatic heterocycles. The first kappa shape index (κ1) is 19.0. The number of hydrogen-bond acceptors (Lipinski definition) is 4. The molecule has 5 heteroatoms. The summed E-state index contributed by atoms with van der Waals surface area (Å²) in [4.78, 5) is 0.121. The summed E-state index contributed by atoms with van der Waals surface area (Å²) >= 11 is 0. The van der Waals surface area contributed by atoms with Crippen LogP contribution in [0.25, 0.3) is 6.08 Å². The first-order valence-electron chi connectivity index (χ1n) is 7.93. The molecule has 2 aromatic rings. The van der Waals surface area contributed by atoms with Gasteiger partial charge in [-0.05, 0) is 38.1 Å². The van der Waals surface area contributed by atoms with Crippen LogP contribution in [0.5, 0.6) is 5.75 Å². The van der Waals surface area contributed by atoms with E-state index < -0.39 is 16.2 Å². The van der Waals surface area contributed by atoms with Crippen molar-refractivity contribution in [2.45, 2.75) is 24.8 Å². The fraction of sp³-hybridized carbons (Fsp3) is 0.200. The fourth-order valence-electron chi connectivity index (χ4n) is 2.15. The lowest BCUT2D eigenvalue weighted by Gasteiger charge is -2.17. The van der Waals surface area contributed by atoms with Crippen LogP contribution in [0, 0.1) is 6.92 Å². The predicted octanol–water partition coefficient (Wildman–Crippen LogP) is 4.37. The van der Waals surface area contributed by atoms with Gasteiger partial charge in [0.25, 0.3) is 10.1 Å². The Kier molecular flexibility index (Phi) is 6.56. The Morgan fingerprint density at radius 1 is 1.12 bits per heavy atom. The average Bonchev–Trinajstić information content (AvgIpc) is 2.60. The van der Waals surface area contributed by atoms with Crippen molar-refractivity contribution < 1.29 is 17.3 Å². The average molecular weight is 358 g/mol. The van der Waals surface area contributed by atoms with Crippen LogP contribution in [0.15, 0.2) is 72.2 Å². The molecular formula is C20H22O4S. The van der Waals surface area contributed by atoms with Gasteiger partial charge in [0.1, 0.15) is 18.5 Å². The minimum absolute atomic E-state index is 0.121. The Morgan fingerprint density at radius 2 is 1.80 bits per heavy atom. The molecule has 0 spiro atoms. The second-order valence-electron chi connectivity index (χ2n) is 5.48. The normalized spacial score (nSPS) is 12.9. The predicted molar refractivity (Wildman–Crippen MR) is 100 cm³/mol. The molecule has 0 aromatic heterocycles. The zero-order valence-corrected chi connectivity index (χ0v) is 15.2. The zero-order chi connectivity index (χ0) is 18.3. The zero-order valence-electron chi connectivity index (χ0n) is 14.4. The molecule has 0 radical (unpaired) electrons. The molecule has 132 valence electrons. The summed E-state index contributed by atoms with van der Waals surface area (Å²) in [5, 5.41) is 0. The van der Waals surface area contributed by atoms with Crippen molar-refractivity contribution in [2.75, 3.05) is 6.61 Å². The van der Waals surface area contributed by atoms with Crippen molar-refractivity contribution in [1.82, 2.24) is 0 Å². The third-order valence-electron chi connectivity index (χ3n) is 3.50. The van der Waals surface area contributed by atoms with Crippen molar-refractivity contribution >= 4 is 16.2 Å². The Bertz CT molecular complexity index is 836. The van der Waals surface area contributed by atoms with E-state index in [2.05, 4.69) is 6.58 Å². The molecule has 0 saturated heterocycles. The van der Waals surface area contributed by atoms with Crippen molar-refractivity contribution in [3.8, 4) is 5.75 Å². The summed E-state index contributed by atoms with van der Waals surface area (Å²) in [6.45, 7) is 7.36. The molecule has 0 bridgehead atoms. The van der Waals surface area contributed by atoms with Gasteiger partial charge in [0.2, 0.25) is 0 Å². The van der Waals surface area contributed by atoms with Gasteiger partial charge in [-0.1, -0.05) is 54.6 Å². The monoisotopic (exact) mass is 358 g/mol. The molecule has 0 unspecified atom stereocenters. The number of ether oxygens (including phenoxy) is 1. The fourth-order valence-corrected chi connectivity index (χ4v) is 3.07. The number of para-hydroxylation sites is 1. The lowest BCUT2D eigenvalue weighted by molar-refractivity contribution is 0.167. The van der Waals surface area contributed by atoms with E-state index in [0.29, 0.717) is 5.75 Å². The van der Waals surface area contributed by atoms with Crippen molar-refractivity contribution in [2.24, 2.45) is 0 Å². The summed E-state index contributed by atoms with van der Waals surface area (Å²) in [7, 11) is -3.84. The molecule has 0 aliphatic carbocycles. The molecule has 0 N–H and O–H groups in total. The van der Waals surface area contributed by atoms with Gasteiger partial charge in [-0.15, -0.1) is 0 Å². The van der Waals surface area contributed by atoms with Gasteiger partial charge >= 0.3 is 0 Å². The molecule has 0 fully saturated rings. The maximum atomic E-state index is 12.3. The van der Waals surface area contributed by atoms with E-state index in [9.17, 15) is 8.42 Å². The third kappa shape index (κ3) is 5.31. The summed E-state index contributed by atoms with van der Waals surface area (Å²) in [6, 6.07) is 14.0. The second kappa shape index (κ2) is 8.65. The first-order chi connectivity index (χ1) is 12.0. The quantitative estimate of drug-likeness (QED) is 0.519. The van der Waals surface area contributed by atoms with Crippen LogP contribution in [-0.2, 0) is 14.3 Å². The van der Waals surface area contributed by atoms with E-state index in [4.69, 9.17) is 8.92 Å². The third-order valence-corrected chi connectivity index (χ3v) is 4.80. The maximum Gasteiger partial charge on any atom is 0.297 e. The van der Waals surface area contributed by atoms with E-state index in [1.54, 1.807) is 12.1 Å². The topological polar surface area (TPSA) is 52.6 Å². The second-order valence-corrected chi connectivity index (χ2v) is 7.10. The number of rotatable bonds is 8. The molecule has 2 rings (SSSR count). The van der Waals surface area contributed by atoms with E-state index in [0.717, 1.165) is 11.1 Å². The number of aryl methyl sites for hydroxylation is 1. The van der Waals surface area contributed by atoms with Gasteiger partial charge in [-0.3, -0.25) is 4.18 Å². The van der Waals surface area contributed by atoms with Crippen LogP contribution >= 0.6 is 0 Å². The lowest BCUT2D eigenvalue weighted by Crippen LogP contribution is -2.23. The Hall–Kier alpha value is -2.37. The lowest BCUT2D eigenvalue weighted by atomic mass is 10.2. The summed E-state index contributed by atoms with van der Waals surface area (Å²) in [5.41, 5.74) is 1.88. The Labute approximate surface area is 149 Å². The van der Waals surface area contributed by atoms with Gasteiger partial charge in [0.05, 0.1) is 4.90 Å². The highest BCUT2D eigenvalue weighted by molar-refractivity contribution is 7.86. The number of benzene rings is 2. The maximum absolute atomic E-state index is 12.3. The number of allylic oxidation sites excluding steroid dienone is 1. The highest BCUT2D eigenvalue weighted by Crippen LogP contribution is 2.22. The van der Waals surface area contributed by atoms with Crippen molar-refractivity contribution in [3.05, 3.63) is 78.4 Å². The molecule has 4 nitrogen and oxygen atoms in total. The van der Waals surface area contributed by atoms with Crippen molar-refractivity contribution in [3.63, 3.8) is 0 Å². The van der Waals surface area contributed by atoms with Crippen molar-refractivity contribution in [1.29, 1.82) is 0 Å². The summed E-state index contributed by atoms with van der Waals surface area (Å²) in [5.74, 6) is 0.641. The molecule has 1 atom stereocenters. The van der Waals surface area contributed by atoms with Crippen LogP contribution < -0.4 is 4.74 Å². The Balaban J connectivity index is 2.08. The smallest absolute Gasteiger partial charge is 0.297 e. The highest BCUT2D eigenvalue weighted by atomic mass is 32.2. The molecule has 0 aliphatic rings.